The van der Waals surface area contributed by atoms with Crippen molar-refractivity contribution in [2.45, 2.75) is 10.6 Å². The fraction of sp³-hybridized carbons (Fsp3) is 0.375. The molecule has 1 aromatic rings. The molecule has 0 aromatic carbocycles. The molecule has 0 saturated carbocycles. The fourth-order valence-electron chi connectivity index (χ4n) is 0.936. The van der Waals surface area contributed by atoms with Gasteiger partial charge in [-0.1, -0.05) is 0 Å². The Morgan fingerprint density at radius 2 is 2.12 bits per heavy atom. The van der Waals surface area contributed by atoms with E-state index in [4.69, 9.17) is 10.2 Å². The number of hydrogen-bond donors (Lipinski definition) is 3. The molecule has 0 bridgehead atoms. The van der Waals surface area contributed by atoms with Crippen LogP contribution in [-0.2, 0) is 10.0 Å². The van der Waals surface area contributed by atoms with Crippen LogP contribution >= 0.6 is 11.3 Å². The minimum absolute atomic E-state index is 0.0254. The summed E-state index contributed by atoms with van der Waals surface area (Å²) in [5.41, 5.74) is 0. The monoisotopic (exact) mass is 265 g/mol. The maximum atomic E-state index is 11.6. The fourth-order valence-corrected chi connectivity index (χ4v) is 3.20. The Hall–Kier alpha value is -0.960. The highest BCUT2D eigenvalue weighted by atomic mass is 32.2. The molecule has 0 aliphatic rings. The van der Waals surface area contributed by atoms with Gasteiger partial charge in [-0.25, -0.2) is 17.9 Å². The molecule has 1 rings (SSSR count). The first-order valence-electron chi connectivity index (χ1n) is 4.41. The van der Waals surface area contributed by atoms with Gasteiger partial charge in [0.15, 0.2) is 0 Å². The summed E-state index contributed by atoms with van der Waals surface area (Å²) in [6.07, 6.45) is 0.316. The lowest BCUT2D eigenvalue weighted by Gasteiger charge is -2.02. The Bertz CT molecular complexity index is 465. The SMILES string of the molecule is O=C(O)c1ccc(S(=O)(=O)NCCCO)s1. The van der Waals surface area contributed by atoms with E-state index in [1.807, 2.05) is 0 Å². The van der Waals surface area contributed by atoms with Crippen molar-refractivity contribution in [1.82, 2.24) is 4.72 Å². The number of aromatic carboxylic acids is 1. The first-order valence-corrected chi connectivity index (χ1v) is 6.71. The quantitative estimate of drug-likeness (QED) is 0.633. The number of thiophene rings is 1. The highest BCUT2D eigenvalue weighted by Gasteiger charge is 2.18. The molecule has 0 aliphatic heterocycles. The summed E-state index contributed by atoms with van der Waals surface area (Å²) in [6, 6.07) is 2.49. The van der Waals surface area contributed by atoms with Gasteiger partial charge >= 0.3 is 5.97 Å². The zero-order valence-electron chi connectivity index (χ0n) is 8.21. The van der Waals surface area contributed by atoms with Crippen LogP contribution in [0, 0.1) is 0 Å². The lowest BCUT2D eigenvalue weighted by atomic mass is 10.5. The van der Waals surface area contributed by atoms with Crippen LogP contribution in [0.4, 0.5) is 0 Å². The third-order valence-electron chi connectivity index (χ3n) is 1.68. The lowest BCUT2D eigenvalue weighted by molar-refractivity contribution is 0.0702. The van der Waals surface area contributed by atoms with E-state index < -0.39 is 16.0 Å². The minimum atomic E-state index is -3.65. The zero-order chi connectivity index (χ0) is 12.2. The average molecular weight is 265 g/mol. The Morgan fingerprint density at radius 3 is 2.62 bits per heavy atom. The van der Waals surface area contributed by atoms with Gasteiger partial charge in [-0.2, -0.15) is 0 Å². The van der Waals surface area contributed by atoms with E-state index in [-0.39, 0.29) is 22.2 Å². The summed E-state index contributed by atoms with van der Waals surface area (Å²) in [4.78, 5) is 10.5. The van der Waals surface area contributed by atoms with Crippen LogP contribution in [0.5, 0.6) is 0 Å². The zero-order valence-corrected chi connectivity index (χ0v) is 9.84. The van der Waals surface area contributed by atoms with Crippen molar-refractivity contribution in [3.05, 3.63) is 17.0 Å². The Labute approximate surface area is 96.6 Å². The molecule has 0 radical (unpaired) electrons. The van der Waals surface area contributed by atoms with Gasteiger partial charge in [-0.15, -0.1) is 11.3 Å². The third-order valence-corrected chi connectivity index (χ3v) is 4.71. The smallest absolute Gasteiger partial charge is 0.345 e. The molecule has 90 valence electrons. The molecule has 1 aromatic heterocycles. The van der Waals surface area contributed by atoms with E-state index in [0.717, 1.165) is 0 Å². The van der Waals surface area contributed by atoms with Gasteiger partial charge in [0.2, 0.25) is 10.0 Å². The maximum Gasteiger partial charge on any atom is 0.345 e. The van der Waals surface area contributed by atoms with Gasteiger partial charge in [-0.05, 0) is 18.6 Å². The molecule has 1 heterocycles. The molecular formula is C8H11NO5S2. The van der Waals surface area contributed by atoms with Crippen molar-refractivity contribution in [1.29, 1.82) is 0 Å². The average Bonchev–Trinajstić information content (AvgIpc) is 2.67. The van der Waals surface area contributed by atoms with E-state index in [9.17, 15) is 13.2 Å². The van der Waals surface area contributed by atoms with Gasteiger partial charge in [0.25, 0.3) is 0 Å². The predicted molar refractivity (Wildman–Crippen MR) is 58.2 cm³/mol. The van der Waals surface area contributed by atoms with E-state index in [2.05, 4.69) is 4.72 Å². The first kappa shape index (κ1) is 13.1. The first-order chi connectivity index (χ1) is 7.47. The molecule has 8 heteroatoms. The normalized spacial score (nSPS) is 11.6. The summed E-state index contributed by atoms with van der Waals surface area (Å²) in [5.74, 6) is -1.15. The molecule has 0 saturated heterocycles. The second-order valence-corrected chi connectivity index (χ2v) is 5.98. The Kier molecular flexibility index (Phi) is 4.42. The molecule has 0 aliphatic carbocycles. The van der Waals surface area contributed by atoms with E-state index in [0.29, 0.717) is 17.8 Å². The minimum Gasteiger partial charge on any atom is -0.477 e. The molecule has 0 atom stereocenters. The molecule has 3 N–H and O–H groups in total. The van der Waals surface area contributed by atoms with E-state index in [1.165, 1.54) is 12.1 Å². The second kappa shape index (κ2) is 5.39. The second-order valence-electron chi connectivity index (χ2n) is 2.90. The number of carboxylic acids is 1. The van der Waals surface area contributed by atoms with Crippen LogP contribution in [-0.4, -0.2) is 37.8 Å². The Morgan fingerprint density at radius 1 is 1.44 bits per heavy atom. The number of rotatable bonds is 6. The standard InChI is InChI=1S/C8H11NO5S2/c10-5-1-4-9-16(13,14)7-3-2-6(15-7)8(11)12/h2-3,9-10H,1,4-5H2,(H,11,12). The highest BCUT2D eigenvalue weighted by Crippen LogP contribution is 2.21. The summed E-state index contributed by atoms with van der Waals surface area (Å²) in [6.45, 7) is 0.0203. The summed E-state index contributed by atoms with van der Waals surface area (Å²) in [7, 11) is -3.65. The summed E-state index contributed by atoms with van der Waals surface area (Å²) < 4.78 is 25.4. The van der Waals surface area contributed by atoms with Crippen molar-refractivity contribution < 1.29 is 23.4 Å². The maximum absolute atomic E-state index is 11.6. The van der Waals surface area contributed by atoms with Crippen molar-refractivity contribution in [2.24, 2.45) is 0 Å². The predicted octanol–water partition coefficient (Wildman–Crippen LogP) is 0.107. The van der Waals surface area contributed by atoms with Crippen LogP contribution in [0.2, 0.25) is 0 Å². The Balaban J connectivity index is 2.78. The lowest BCUT2D eigenvalue weighted by Crippen LogP contribution is -2.24. The molecule has 6 nitrogen and oxygen atoms in total. The molecule has 16 heavy (non-hydrogen) atoms. The van der Waals surface area contributed by atoms with Crippen molar-refractivity contribution in [3.8, 4) is 0 Å². The third kappa shape index (κ3) is 3.27. The van der Waals surface area contributed by atoms with Crippen molar-refractivity contribution >= 4 is 27.3 Å². The molecule has 0 spiro atoms. The summed E-state index contributed by atoms with van der Waals surface area (Å²) >= 11 is 0.693. The molecule has 0 fully saturated rings. The number of carbonyl (C=O) groups is 1. The molecule has 0 amide bonds. The van der Waals surface area contributed by atoms with Crippen LogP contribution < -0.4 is 4.72 Å². The van der Waals surface area contributed by atoms with Gasteiger partial charge in [-0.3, -0.25) is 0 Å². The van der Waals surface area contributed by atoms with Crippen molar-refractivity contribution in [3.63, 3.8) is 0 Å². The summed E-state index contributed by atoms with van der Waals surface area (Å²) in [5, 5.41) is 17.1. The van der Waals surface area contributed by atoms with Crippen molar-refractivity contribution in [2.75, 3.05) is 13.2 Å². The number of aliphatic hydroxyl groups excluding tert-OH is 1. The number of nitrogens with one attached hydrogen (secondary N) is 1. The van der Waals surface area contributed by atoms with Crippen LogP contribution in [0.3, 0.4) is 0 Å². The number of sulfonamides is 1. The topological polar surface area (TPSA) is 104 Å². The number of aliphatic hydroxyl groups is 1. The molecule has 0 unspecified atom stereocenters. The van der Waals surface area contributed by atoms with Gasteiger partial charge in [0.05, 0.1) is 0 Å². The number of hydrogen-bond acceptors (Lipinski definition) is 5. The van der Waals surface area contributed by atoms with E-state index >= 15 is 0 Å². The largest absolute Gasteiger partial charge is 0.477 e. The van der Waals surface area contributed by atoms with E-state index in [1.54, 1.807) is 0 Å². The van der Waals surface area contributed by atoms with Gasteiger partial charge in [0, 0.05) is 13.2 Å². The number of carboxylic acid groups (broad SMARTS) is 1. The van der Waals surface area contributed by atoms with Crippen LogP contribution in [0.15, 0.2) is 16.3 Å². The highest BCUT2D eigenvalue weighted by molar-refractivity contribution is 7.91. The van der Waals surface area contributed by atoms with Gasteiger partial charge in [0.1, 0.15) is 9.09 Å². The van der Waals surface area contributed by atoms with Crippen LogP contribution in [0.25, 0.3) is 0 Å². The van der Waals surface area contributed by atoms with Crippen LogP contribution in [0.1, 0.15) is 16.1 Å². The van der Waals surface area contributed by atoms with Gasteiger partial charge < -0.3 is 10.2 Å². The molecular weight excluding hydrogens is 254 g/mol.